The lowest BCUT2D eigenvalue weighted by Gasteiger charge is -2.34. The molecule has 1 aliphatic carbocycles. The maximum absolute atomic E-state index is 12.8. The van der Waals surface area contributed by atoms with E-state index in [9.17, 15) is 14.9 Å². The summed E-state index contributed by atoms with van der Waals surface area (Å²) in [5.41, 5.74) is 2.28. The molecule has 0 aliphatic heterocycles. The van der Waals surface area contributed by atoms with Crippen LogP contribution in [0, 0.1) is 21.4 Å². The molecule has 3 rings (SSSR count). The smallest absolute Gasteiger partial charge is 0.312 e. The first-order valence-electron chi connectivity index (χ1n) is 8.93. The molecule has 1 atom stereocenters. The monoisotopic (exact) mass is 388 g/mol. The molecule has 1 amide bonds. The number of methoxy groups -OCH3 is 1. The third-order valence-corrected chi connectivity index (χ3v) is 6.31. The molecule has 6 nitrogen and oxygen atoms in total. The zero-order valence-electron chi connectivity index (χ0n) is 16.0. The Balaban J connectivity index is 1.80. The van der Waals surface area contributed by atoms with Crippen LogP contribution in [0.3, 0.4) is 0 Å². The normalized spacial score (nSPS) is 16.5. The maximum atomic E-state index is 12.8. The van der Waals surface area contributed by atoms with Crippen molar-refractivity contribution in [1.82, 2.24) is 0 Å². The van der Waals surface area contributed by atoms with Gasteiger partial charge in [-0.25, -0.2) is 0 Å². The fourth-order valence-corrected chi connectivity index (χ4v) is 4.71. The fraction of sp³-hybridized carbons (Fsp3) is 0.450. The van der Waals surface area contributed by atoms with Gasteiger partial charge in [0.25, 0.3) is 5.91 Å². The number of amides is 1. The number of ether oxygens (including phenoxy) is 1. The van der Waals surface area contributed by atoms with Crippen molar-refractivity contribution >= 4 is 28.6 Å². The number of carbonyl (C=O) groups is 1. The van der Waals surface area contributed by atoms with Gasteiger partial charge in [-0.2, -0.15) is 0 Å². The van der Waals surface area contributed by atoms with Gasteiger partial charge in [0.2, 0.25) is 0 Å². The second kappa shape index (κ2) is 7.31. The highest BCUT2D eigenvalue weighted by Crippen LogP contribution is 2.40. The van der Waals surface area contributed by atoms with E-state index in [0.717, 1.165) is 24.8 Å². The third-order valence-electron chi connectivity index (χ3n) is 5.26. The van der Waals surface area contributed by atoms with E-state index in [0.29, 0.717) is 17.2 Å². The van der Waals surface area contributed by atoms with Crippen LogP contribution in [0.1, 0.15) is 48.0 Å². The summed E-state index contributed by atoms with van der Waals surface area (Å²) < 4.78 is 5.00. The zero-order valence-corrected chi connectivity index (χ0v) is 16.8. The molecule has 1 aromatic heterocycles. The molecule has 2 aromatic rings. The summed E-state index contributed by atoms with van der Waals surface area (Å²) in [4.78, 5) is 24.7. The number of nitrogens with zero attached hydrogens (tertiary/aromatic N) is 1. The molecular weight excluding hydrogens is 364 g/mol. The van der Waals surface area contributed by atoms with Gasteiger partial charge in [0.05, 0.1) is 17.6 Å². The van der Waals surface area contributed by atoms with E-state index in [-0.39, 0.29) is 22.8 Å². The van der Waals surface area contributed by atoms with Crippen molar-refractivity contribution in [3.63, 3.8) is 0 Å². The Morgan fingerprint density at radius 3 is 2.74 bits per heavy atom. The molecule has 0 radical (unpaired) electrons. The number of nitrogens with one attached hydrogen (secondary N) is 1. The summed E-state index contributed by atoms with van der Waals surface area (Å²) >= 11 is 1.64. The molecule has 1 unspecified atom stereocenters. The summed E-state index contributed by atoms with van der Waals surface area (Å²) in [6.07, 6.45) is 2.97. The molecule has 1 aromatic carbocycles. The van der Waals surface area contributed by atoms with Crippen molar-refractivity contribution in [1.29, 1.82) is 0 Å². The summed E-state index contributed by atoms with van der Waals surface area (Å²) in [5.74, 6) is 0.559. The first-order valence-corrected chi connectivity index (χ1v) is 9.81. The summed E-state index contributed by atoms with van der Waals surface area (Å²) in [7, 11) is 1.38. The van der Waals surface area contributed by atoms with Crippen LogP contribution in [0.15, 0.2) is 23.6 Å². The number of fused-ring (bicyclic) bond motifs is 1. The number of nitro benzene ring substituents is 1. The van der Waals surface area contributed by atoms with Crippen LogP contribution in [-0.4, -0.2) is 17.9 Å². The van der Waals surface area contributed by atoms with Gasteiger partial charge >= 0.3 is 5.69 Å². The van der Waals surface area contributed by atoms with Crippen LogP contribution in [0.25, 0.3) is 0 Å². The molecule has 1 aliphatic rings. The van der Waals surface area contributed by atoms with Crippen LogP contribution in [0.4, 0.5) is 11.4 Å². The van der Waals surface area contributed by atoms with Crippen LogP contribution in [-0.2, 0) is 12.8 Å². The standard InChI is InChI=1S/C20H24N2O4S/c1-20(2,3)12-5-7-14-15(11-27-18(14)9-12)19(23)21-13-6-8-17(26-4)16(10-13)22(24)25/h6,8,10-12H,5,7,9H2,1-4H3,(H,21,23). The van der Waals surface area contributed by atoms with E-state index in [1.54, 1.807) is 17.4 Å². The minimum atomic E-state index is -0.520. The number of anilines is 1. The van der Waals surface area contributed by atoms with E-state index in [1.807, 2.05) is 5.38 Å². The fourth-order valence-electron chi connectivity index (χ4n) is 3.55. The van der Waals surface area contributed by atoms with E-state index in [2.05, 4.69) is 26.1 Å². The van der Waals surface area contributed by atoms with Gasteiger partial charge in [-0.3, -0.25) is 14.9 Å². The van der Waals surface area contributed by atoms with E-state index in [4.69, 9.17) is 4.74 Å². The van der Waals surface area contributed by atoms with Crippen LogP contribution >= 0.6 is 11.3 Å². The first kappa shape index (κ1) is 19.4. The quantitative estimate of drug-likeness (QED) is 0.586. The summed E-state index contributed by atoms with van der Waals surface area (Å²) in [5, 5.41) is 15.9. The van der Waals surface area contributed by atoms with Gasteiger partial charge in [0, 0.05) is 22.0 Å². The molecule has 0 saturated carbocycles. The Morgan fingerprint density at radius 2 is 2.11 bits per heavy atom. The van der Waals surface area contributed by atoms with Gasteiger partial charge in [-0.05, 0) is 48.3 Å². The average Bonchev–Trinajstić information content (AvgIpc) is 3.04. The molecular formula is C20H24N2O4S. The highest BCUT2D eigenvalue weighted by Gasteiger charge is 2.31. The van der Waals surface area contributed by atoms with Crippen molar-refractivity contribution in [3.8, 4) is 5.75 Å². The van der Waals surface area contributed by atoms with E-state index >= 15 is 0 Å². The first-order chi connectivity index (χ1) is 12.7. The lowest BCUT2D eigenvalue weighted by atomic mass is 9.72. The molecule has 0 saturated heterocycles. The van der Waals surface area contributed by atoms with E-state index in [1.165, 1.54) is 24.1 Å². The Kier molecular flexibility index (Phi) is 5.24. The van der Waals surface area contributed by atoms with Gasteiger partial charge < -0.3 is 10.1 Å². The Hall–Kier alpha value is -2.41. The highest BCUT2D eigenvalue weighted by atomic mass is 32.1. The Morgan fingerprint density at radius 1 is 1.37 bits per heavy atom. The predicted molar refractivity (Wildman–Crippen MR) is 107 cm³/mol. The van der Waals surface area contributed by atoms with E-state index < -0.39 is 4.92 Å². The molecule has 1 N–H and O–H groups in total. The largest absolute Gasteiger partial charge is 0.490 e. The molecule has 27 heavy (non-hydrogen) atoms. The van der Waals surface area contributed by atoms with Crippen molar-refractivity contribution < 1.29 is 14.5 Å². The summed E-state index contributed by atoms with van der Waals surface area (Å²) in [6.45, 7) is 6.79. The third kappa shape index (κ3) is 3.98. The van der Waals surface area contributed by atoms with Crippen molar-refractivity contribution in [2.45, 2.75) is 40.0 Å². The Bertz CT molecular complexity index is 883. The topological polar surface area (TPSA) is 81.5 Å². The molecule has 0 fully saturated rings. The second-order valence-corrected chi connectivity index (χ2v) is 8.92. The lowest BCUT2D eigenvalue weighted by Crippen LogP contribution is -2.27. The van der Waals surface area contributed by atoms with Gasteiger partial charge in [-0.1, -0.05) is 20.8 Å². The van der Waals surface area contributed by atoms with Crippen LogP contribution in [0.2, 0.25) is 0 Å². The Labute approximate surface area is 162 Å². The average molecular weight is 388 g/mol. The second-order valence-electron chi connectivity index (χ2n) is 7.95. The number of carbonyl (C=O) groups excluding carboxylic acids is 1. The molecule has 7 heteroatoms. The molecule has 0 bridgehead atoms. The molecule has 0 spiro atoms. The van der Waals surface area contributed by atoms with Gasteiger partial charge in [0.1, 0.15) is 0 Å². The zero-order chi connectivity index (χ0) is 19.8. The van der Waals surface area contributed by atoms with Crippen molar-refractivity contribution in [3.05, 3.63) is 49.7 Å². The SMILES string of the molecule is COc1ccc(NC(=O)c2csc3c2CCC(C(C)(C)C)C3)cc1[N+](=O)[O-]. The minimum absolute atomic E-state index is 0.166. The number of thiophene rings is 1. The number of nitro groups is 1. The number of benzene rings is 1. The minimum Gasteiger partial charge on any atom is -0.490 e. The van der Waals surface area contributed by atoms with Crippen LogP contribution < -0.4 is 10.1 Å². The lowest BCUT2D eigenvalue weighted by molar-refractivity contribution is -0.385. The highest BCUT2D eigenvalue weighted by molar-refractivity contribution is 7.10. The van der Waals surface area contributed by atoms with Crippen molar-refractivity contribution in [2.24, 2.45) is 11.3 Å². The number of rotatable bonds is 4. The predicted octanol–water partition coefficient (Wildman–Crippen LogP) is 5.07. The van der Waals surface area contributed by atoms with Crippen molar-refractivity contribution in [2.75, 3.05) is 12.4 Å². The van der Waals surface area contributed by atoms with Gasteiger partial charge in [0.15, 0.2) is 5.75 Å². The maximum Gasteiger partial charge on any atom is 0.312 e. The van der Waals surface area contributed by atoms with Gasteiger partial charge in [-0.15, -0.1) is 11.3 Å². The molecule has 1 heterocycles. The number of hydrogen-bond acceptors (Lipinski definition) is 5. The number of hydrogen-bond donors (Lipinski definition) is 1. The summed E-state index contributed by atoms with van der Waals surface area (Å²) in [6, 6.07) is 4.42. The van der Waals surface area contributed by atoms with Crippen LogP contribution in [0.5, 0.6) is 5.75 Å². The molecule has 144 valence electrons.